The summed E-state index contributed by atoms with van der Waals surface area (Å²) in [5.74, 6) is 0.380. The fourth-order valence-electron chi connectivity index (χ4n) is 3.40. The van der Waals surface area contributed by atoms with Gasteiger partial charge in [0.05, 0.1) is 0 Å². The van der Waals surface area contributed by atoms with Gasteiger partial charge in [0, 0.05) is 13.1 Å². The van der Waals surface area contributed by atoms with E-state index in [-0.39, 0.29) is 18.4 Å². The summed E-state index contributed by atoms with van der Waals surface area (Å²) in [7, 11) is 0. The minimum absolute atomic E-state index is 0.104. The molecule has 2 amide bonds. The first kappa shape index (κ1) is 23.5. The third-order valence-electron chi connectivity index (χ3n) is 5.28. The Morgan fingerprint density at radius 1 is 1.07 bits per heavy atom. The average molecular weight is 411 g/mol. The fraction of sp³-hybridized carbons (Fsp3) is 0.440. The summed E-state index contributed by atoms with van der Waals surface area (Å²) in [4.78, 5) is 27.6. The summed E-state index contributed by atoms with van der Waals surface area (Å²) in [6, 6.07) is 13.3. The monoisotopic (exact) mass is 410 g/mol. The molecular formula is C25H34N2O3. The zero-order valence-electron chi connectivity index (χ0n) is 18.8. The van der Waals surface area contributed by atoms with Crippen molar-refractivity contribution in [3.63, 3.8) is 0 Å². The Morgan fingerprint density at radius 3 is 2.47 bits per heavy atom. The Bertz CT molecular complexity index is 863. The van der Waals surface area contributed by atoms with Gasteiger partial charge in [0.2, 0.25) is 5.91 Å². The summed E-state index contributed by atoms with van der Waals surface area (Å²) in [5.41, 5.74) is 4.25. The molecular weight excluding hydrogens is 376 g/mol. The number of amides is 2. The maximum absolute atomic E-state index is 13.2. The highest BCUT2D eigenvalue weighted by molar-refractivity contribution is 5.88. The van der Waals surface area contributed by atoms with Crippen molar-refractivity contribution in [1.82, 2.24) is 10.2 Å². The molecule has 5 nitrogen and oxygen atoms in total. The fourth-order valence-corrected chi connectivity index (χ4v) is 3.40. The van der Waals surface area contributed by atoms with Crippen LogP contribution in [0.5, 0.6) is 5.75 Å². The summed E-state index contributed by atoms with van der Waals surface area (Å²) >= 11 is 0. The molecule has 0 aliphatic carbocycles. The highest BCUT2D eigenvalue weighted by Crippen LogP contribution is 2.21. The van der Waals surface area contributed by atoms with Gasteiger partial charge in [0.1, 0.15) is 11.8 Å². The van der Waals surface area contributed by atoms with Gasteiger partial charge in [0.15, 0.2) is 6.61 Å². The first-order chi connectivity index (χ1) is 14.4. The van der Waals surface area contributed by atoms with Crippen LogP contribution in [0.1, 0.15) is 48.9 Å². The summed E-state index contributed by atoms with van der Waals surface area (Å²) < 4.78 is 5.85. The first-order valence-corrected chi connectivity index (χ1v) is 10.7. The van der Waals surface area contributed by atoms with Gasteiger partial charge in [-0.25, -0.2) is 0 Å². The van der Waals surface area contributed by atoms with E-state index in [2.05, 4.69) is 5.32 Å². The van der Waals surface area contributed by atoms with E-state index >= 15 is 0 Å². The average Bonchev–Trinajstić information content (AvgIpc) is 2.73. The lowest BCUT2D eigenvalue weighted by Gasteiger charge is -2.30. The predicted molar refractivity (Wildman–Crippen MR) is 121 cm³/mol. The van der Waals surface area contributed by atoms with Crippen LogP contribution in [0.2, 0.25) is 0 Å². The Hall–Kier alpha value is -2.82. The molecule has 0 aliphatic heterocycles. The van der Waals surface area contributed by atoms with E-state index in [1.54, 1.807) is 4.90 Å². The van der Waals surface area contributed by atoms with E-state index in [1.807, 2.05) is 77.1 Å². The van der Waals surface area contributed by atoms with E-state index in [1.165, 1.54) is 0 Å². The van der Waals surface area contributed by atoms with Crippen LogP contribution in [0.25, 0.3) is 0 Å². The summed E-state index contributed by atoms with van der Waals surface area (Å²) in [5, 5.41) is 2.93. The maximum Gasteiger partial charge on any atom is 0.261 e. The Balaban J connectivity index is 2.22. The molecule has 0 heterocycles. The van der Waals surface area contributed by atoms with Gasteiger partial charge in [-0.1, -0.05) is 55.8 Å². The zero-order valence-corrected chi connectivity index (χ0v) is 18.8. The number of rotatable bonds is 10. The van der Waals surface area contributed by atoms with Crippen molar-refractivity contribution < 1.29 is 14.3 Å². The normalized spacial score (nSPS) is 11.6. The smallest absolute Gasteiger partial charge is 0.261 e. The molecule has 5 heteroatoms. The Labute approximate surface area is 180 Å². The van der Waals surface area contributed by atoms with E-state index in [4.69, 9.17) is 4.74 Å². The number of aryl methyl sites for hydroxylation is 2. The lowest BCUT2D eigenvalue weighted by atomic mass is 10.1. The number of carbonyl (C=O) groups excluding carboxylic acids is 2. The summed E-state index contributed by atoms with van der Waals surface area (Å²) in [6.45, 7) is 10.8. The third-order valence-corrected chi connectivity index (χ3v) is 5.28. The van der Waals surface area contributed by atoms with Gasteiger partial charge < -0.3 is 15.0 Å². The SMILES string of the molecule is CCCNC(=O)[C@H](CC)N(Cc1cccc(C)c1)C(=O)COc1cccc(C)c1C. The molecule has 0 radical (unpaired) electrons. The van der Waals surface area contributed by atoms with E-state index in [0.29, 0.717) is 25.3 Å². The van der Waals surface area contributed by atoms with Gasteiger partial charge in [-0.15, -0.1) is 0 Å². The van der Waals surface area contributed by atoms with Crippen LogP contribution in [-0.4, -0.2) is 35.9 Å². The standard InChI is InChI=1S/C25H34N2O3/c1-6-14-26-25(29)22(7-2)27(16-21-12-8-10-18(3)15-21)24(28)17-30-23-13-9-11-19(4)20(23)5/h8-13,15,22H,6-7,14,16-17H2,1-5H3,(H,26,29)/t22-/m0/s1. The number of nitrogens with one attached hydrogen (secondary N) is 1. The second kappa shape index (κ2) is 11.4. The maximum atomic E-state index is 13.2. The van der Waals surface area contributed by atoms with E-state index in [9.17, 15) is 9.59 Å². The first-order valence-electron chi connectivity index (χ1n) is 10.7. The second-order valence-corrected chi connectivity index (χ2v) is 7.71. The van der Waals surface area contributed by atoms with E-state index in [0.717, 1.165) is 28.7 Å². The molecule has 0 spiro atoms. The van der Waals surface area contributed by atoms with E-state index < -0.39 is 6.04 Å². The zero-order chi connectivity index (χ0) is 22.1. The molecule has 1 N–H and O–H groups in total. The minimum atomic E-state index is -0.535. The van der Waals surface area contributed by atoms with Crippen LogP contribution in [0.4, 0.5) is 0 Å². The highest BCUT2D eigenvalue weighted by Gasteiger charge is 2.28. The molecule has 0 bridgehead atoms. The van der Waals surface area contributed by atoms with Crippen LogP contribution in [0.15, 0.2) is 42.5 Å². The number of hydrogen-bond acceptors (Lipinski definition) is 3. The molecule has 0 aliphatic rings. The third kappa shape index (κ3) is 6.34. The van der Waals surface area contributed by atoms with Crippen molar-refractivity contribution >= 4 is 11.8 Å². The molecule has 30 heavy (non-hydrogen) atoms. The van der Waals surface area contributed by atoms with Crippen LogP contribution < -0.4 is 10.1 Å². The number of hydrogen-bond donors (Lipinski definition) is 1. The molecule has 2 aromatic carbocycles. The van der Waals surface area contributed by atoms with Crippen LogP contribution in [-0.2, 0) is 16.1 Å². The molecule has 2 rings (SSSR count). The lowest BCUT2D eigenvalue weighted by molar-refractivity contribution is -0.143. The largest absolute Gasteiger partial charge is 0.483 e. The minimum Gasteiger partial charge on any atom is -0.483 e. The summed E-state index contributed by atoms with van der Waals surface area (Å²) in [6.07, 6.45) is 1.39. The van der Waals surface area contributed by atoms with Crippen molar-refractivity contribution in [2.75, 3.05) is 13.2 Å². The van der Waals surface area contributed by atoms with Crippen molar-refractivity contribution in [3.8, 4) is 5.75 Å². The van der Waals surface area contributed by atoms with Gasteiger partial charge in [-0.2, -0.15) is 0 Å². The highest BCUT2D eigenvalue weighted by atomic mass is 16.5. The van der Waals surface area contributed by atoms with Crippen molar-refractivity contribution in [2.45, 2.75) is 60.0 Å². The molecule has 0 unspecified atom stereocenters. The number of ether oxygens (including phenoxy) is 1. The van der Waals surface area contributed by atoms with Gasteiger partial charge >= 0.3 is 0 Å². The molecule has 2 aromatic rings. The topological polar surface area (TPSA) is 58.6 Å². The van der Waals surface area contributed by atoms with Crippen molar-refractivity contribution in [3.05, 3.63) is 64.7 Å². The molecule has 0 fully saturated rings. The number of benzene rings is 2. The van der Waals surface area contributed by atoms with Crippen molar-refractivity contribution in [2.24, 2.45) is 0 Å². The van der Waals surface area contributed by atoms with Gasteiger partial charge in [-0.05, 0) is 56.4 Å². The number of carbonyl (C=O) groups is 2. The number of nitrogens with zero attached hydrogens (tertiary/aromatic N) is 1. The van der Waals surface area contributed by atoms with Crippen molar-refractivity contribution in [1.29, 1.82) is 0 Å². The lowest BCUT2D eigenvalue weighted by Crippen LogP contribution is -2.50. The molecule has 0 saturated heterocycles. The predicted octanol–water partition coefficient (Wildman–Crippen LogP) is 4.32. The van der Waals surface area contributed by atoms with Crippen LogP contribution in [0, 0.1) is 20.8 Å². The molecule has 1 atom stereocenters. The molecule has 0 aromatic heterocycles. The second-order valence-electron chi connectivity index (χ2n) is 7.71. The van der Waals surface area contributed by atoms with Crippen LogP contribution >= 0.6 is 0 Å². The molecule has 162 valence electrons. The Kier molecular flexibility index (Phi) is 8.90. The van der Waals surface area contributed by atoms with Crippen LogP contribution in [0.3, 0.4) is 0 Å². The Morgan fingerprint density at radius 2 is 1.80 bits per heavy atom. The quantitative estimate of drug-likeness (QED) is 0.634. The van der Waals surface area contributed by atoms with Gasteiger partial charge in [0.25, 0.3) is 5.91 Å². The molecule has 0 saturated carbocycles. The van der Waals surface area contributed by atoms with Gasteiger partial charge in [-0.3, -0.25) is 9.59 Å².